The summed E-state index contributed by atoms with van der Waals surface area (Å²) in [6.45, 7) is 3.54. The van der Waals surface area contributed by atoms with E-state index in [-0.39, 0.29) is 6.10 Å². The zero-order chi connectivity index (χ0) is 9.97. The number of ether oxygens (including phenoxy) is 1. The monoisotopic (exact) mass is 212 g/mol. The highest BCUT2D eigenvalue weighted by molar-refractivity contribution is 7.09. The quantitative estimate of drug-likeness (QED) is 0.743. The second-order valence-electron chi connectivity index (χ2n) is 3.36. The van der Waals surface area contributed by atoms with Crippen molar-refractivity contribution in [2.75, 3.05) is 13.2 Å². The van der Waals surface area contributed by atoms with Crippen molar-refractivity contribution < 1.29 is 9.53 Å². The molecule has 0 aromatic carbocycles. The van der Waals surface area contributed by atoms with Crippen LogP contribution in [0.25, 0.3) is 0 Å². The van der Waals surface area contributed by atoms with E-state index in [1.54, 1.807) is 5.38 Å². The van der Waals surface area contributed by atoms with Gasteiger partial charge < -0.3 is 10.1 Å². The Morgan fingerprint density at radius 3 is 3.21 bits per heavy atom. The average Bonchev–Trinajstić information content (AvgIpc) is 2.67. The maximum atomic E-state index is 10.4. The predicted molar refractivity (Wildman–Crippen MR) is 53.7 cm³/mol. The number of nitrogens with one attached hydrogen (secondary N) is 1. The zero-order valence-corrected chi connectivity index (χ0v) is 8.71. The van der Waals surface area contributed by atoms with Crippen LogP contribution < -0.4 is 5.32 Å². The third kappa shape index (κ3) is 2.00. The summed E-state index contributed by atoms with van der Waals surface area (Å²) in [7, 11) is 0. The molecular formula is C9H12N2O2S. The number of thiazole rings is 1. The van der Waals surface area contributed by atoms with Crippen molar-refractivity contribution in [2.45, 2.75) is 19.1 Å². The van der Waals surface area contributed by atoms with Crippen LogP contribution in [-0.4, -0.2) is 30.5 Å². The normalized spacial score (nSPS) is 27.5. The molecule has 1 saturated heterocycles. The summed E-state index contributed by atoms with van der Waals surface area (Å²) in [5, 5.41) is 5.95. The number of hydrogen-bond donors (Lipinski definition) is 1. The van der Waals surface area contributed by atoms with Crippen LogP contribution in [-0.2, 0) is 4.74 Å². The van der Waals surface area contributed by atoms with Crippen LogP contribution in [0.4, 0.5) is 0 Å². The van der Waals surface area contributed by atoms with Gasteiger partial charge in [-0.1, -0.05) is 0 Å². The Labute approximate surface area is 86.3 Å². The number of aldehydes is 1. The van der Waals surface area contributed by atoms with Crippen LogP contribution >= 0.6 is 11.3 Å². The summed E-state index contributed by atoms with van der Waals surface area (Å²) in [5.41, 5.74) is 0.493. The highest BCUT2D eigenvalue weighted by Crippen LogP contribution is 2.22. The lowest BCUT2D eigenvalue weighted by Gasteiger charge is -2.26. The van der Waals surface area contributed by atoms with E-state index in [0.29, 0.717) is 18.3 Å². The molecule has 5 heteroatoms. The van der Waals surface area contributed by atoms with Gasteiger partial charge in [0.25, 0.3) is 0 Å². The van der Waals surface area contributed by atoms with E-state index in [2.05, 4.69) is 17.2 Å². The Balaban J connectivity index is 2.04. The third-order valence-corrected chi connectivity index (χ3v) is 3.09. The van der Waals surface area contributed by atoms with E-state index in [1.165, 1.54) is 11.3 Å². The summed E-state index contributed by atoms with van der Waals surface area (Å²) in [6, 6.07) is 0.400. The summed E-state index contributed by atoms with van der Waals surface area (Å²) in [6.07, 6.45) is 0.767. The molecule has 14 heavy (non-hydrogen) atoms. The highest BCUT2D eigenvalue weighted by Gasteiger charge is 2.22. The van der Waals surface area contributed by atoms with Crippen molar-refractivity contribution in [3.63, 3.8) is 0 Å². The Hall–Kier alpha value is -0.780. The standard InChI is InChI=1S/C9H12N2O2S/c1-6-4-13-8(2-10-6)9-11-7(3-12)5-14-9/h3,5-6,8,10H,2,4H2,1H3. The summed E-state index contributed by atoms with van der Waals surface area (Å²) in [4.78, 5) is 14.6. The largest absolute Gasteiger partial charge is 0.368 e. The minimum absolute atomic E-state index is 0.00454. The molecule has 0 bridgehead atoms. The number of carbonyl (C=O) groups is 1. The van der Waals surface area contributed by atoms with Crippen molar-refractivity contribution in [1.82, 2.24) is 10.3 Å². The number of hydrogen-bond acceptors (Lipinski definition) is 5. The molecular weight excluding hydrogens is 200 g/mol. The molecule has 0 saturated carbocycles. The minimum atomic E-state index is 0.00454. The molecule has 1 aliphatic rings. The Kier molecular flexibility index (Phi) is 2.90. The maximum Gasteiger partial charge on any atom is 0.169 e. The van der Waals surface area contributed by atoms with Crippen LogP contribution in [0.3, 0.4) is 0 Å². The van der Waals surface area contributed by atoms with Gasteiger partial charge in [-0.15, -0.1) is 11.3 Å². The van der Waals surface area contributed by atoms with Gasteiger partial charge in [0.05, 0.1) is 6.61 Å². The number of morpholine rings is 1. The zero-order valence-electron chi connectivity index (χ0n) is 7.90. The molecule has 0 aliphatic carbocycles. The first-order chi connectivity index (χ1) is 6.79. The van der Waals surface area contributed by atoms with Gasteiger partial charge in [0.15, 0.2) is 6.29 Å². The van der Waals surface area contributed by atoms with Gasteiger partial charge >= 0.3 is 0 Å². The Bertz CT molecular complexity index is 318. The first kappa shape index (κ1) is 9.76. The van der Waals surface area contributed by atoms with Crippen molar-refractivity contribution in [2.24, 2.45) is 0 Å². The van der Waals surface area contributed by atoms with Gasteiger partial charge in [0, 0.05) is 18.0 Å². The van der Waals surface area contributed by atoms with E-state index < -0.39 is 0 Å². The molecule has 1 aliphatic heterocycles. The molecule has 1 aromatic heterocycles. The van der Waals surface area contributed by atoms with Crippen LogP contribution in [0.2, 0.25) is 0 Å². The average molecular weight is 212 g/mol. The van der Waals surface area contributed by atoms with E-state index >= 15 is 0 Å². The Morgan fingerprint density at radius 1 is 1.79 bits per heavy atom. The van der Waals surface area contributed by atoms with E-state index in [4.69, 9.17) is 4.74 Å². The lowest BCUT2D eigenvalue weighted by atomic mass is 10.2. The van der Waals surface area contributed by atoms with Gasteiger partial charge in [-0.3, -0.25) is 4.79 Å². The number of nitrogens with zero attached hydrogens (tertiary/aromatic N) is 1. The fourth-order valence-electron chi connectivity index (χ4n) is 1.35. The van der Waals surface area contributed by atoms with Crippen molar-refractivity contribution >= 4 is 17.6 Å². The third-order valence-electron chi connectivity index (χ3n) is 2.14. The van der Waals surface area contributed by atoms with Crippen LogP contribution in [0, 0.1) is 0 Å². The van der Waals surface area contributed by atoms with Crippen molar-refractivity contribution in [3.05, 3.63) is 16.1 Å². The van der Waals surface area contributed by atoms with Gasteiger partial charge in [-0.25, -0.2) is 4.98 Å². The molecule has 76 valence electrons. The molecule has 2 unspecified atom stereocenters. The molecule has 1 N–H and O–H groups in total. The first-order valence-corrected chi connectivity index (χ1v) is 5.43. The molecule has 4 nitrogen and oxygen atoms in total. The molecule has 1 fully saturated rings. The molecule has 0 radical (unpaired) electrons. The number of aromatic nitrogens is 1. The van der Waals surface area contributed by atoms with Crippen LogP contribution in [0.15, 0.2) is 5.38 Å². The SMILES string of the molecule is CC1COC(c2nc(C=O)cs2)CN1. The van der Waals surface area contributed by atoms with Crippen LogP contribution in [0.1, 0.15) is 28.5 Å². The summed E-state index contributed by atoms with van der Waals surface area (Å²) in [5.74, 6) is 0. The van der Waals surface area contributed by atoms with Crippen molar-refractivity contribution in [3.8, 4) is 0 Å². The molecule has 0 spiro atoms. The van der Waals surface area contributed by atoms with E-state index in [9.17, 15) is 4.79 Å². The van der Waals surface area contributed by atoms with Crippen molar-refractivity contribution in [1.29, 1.82) is 0 Å². The molecule has 2 heterocycles. The maximum absolute atomic E-state index is 10.4. The van der Waals surface area contributed by atoms with E-state index in [1.807, 2.05) is 0 Å². The Morgan fingerprint density at radius 2 is 2.64 bits per heavy atom. The van der Waals surface area contributed by atoms with Crippen LogP contribution in [0.5, 0.6) is 0 Å². The second kappa shape index (κ2) is 4.16. The fraction of sp³-hybridized carbons (Fsp3) is 0.556. The summed E-state index contributed by atoms with van der Waals surface area (Å²) >= 11 is 1.47. The van der Waals surface area contributed by atoms with Gasteiger partial charge in [0.1, 0.15) is 16.8 Å². The first-order valence-electron chi connectivity index (χ1n) is 4.55. The number of rotatable bonds is 2. The second-order valence-corrected chi connectivity index (χ2v) is 4.25. The lowest BCUT2D eigenvalue weighted by molar-refractivity contribution is 0.00680. The van der Waals surface area contributed by atoms with Gasteiger partial charge in [-0.05, 0) is 6.92 Å². The molecule has 0 amide bonds. The number of carbonyl (C=O) groups excluding carboxylic acids is 1. The smallest absolute Gasteiger partial charge is 0.169 e. The van der Waals surface area contributed by atoms with Gasteiger partial charge in [-0.2, -0.15) is 0 Å². The molecule has 2 rings (SSSR count). The fourth-order valence-corrected chi connectivity index (χ4v) is 2.16. The molecule has 1 aromatic rings. The lowest BCUT2D eigenvalue weighted by Crippen LogP contribution is -2.40. The summed E-state index contributed by atoms with van der Waals surface area (Å²) < 4.78 is 5.60. The topological polar surface area (TPSA) is 51.2 Å². The van der Waals surface area contributed by atoms with Gasteiger partial charge in [0.2, 0.25) is 0 Å². The predicted octanol–water partition coefficient (Wildman–Crippen LogP) is 1.01. The van der Waals surface area contributed by atoms with E-state index in [0.717, 1.165) is 17.8 Å². The minimum Gasteiger partial charge on any atom is -0.368 e. The highest BCUT2D eigenvalue weighted by atomic mass is 32.1. The molecule has 2 atom stereocenters.